The summed E-state index contributed by atoms with van der Waals surface area (Å²) in [4.78, 5) is 28.7. The van der Waals surface area contributed by atoms with Gasteiger partial charge in [0.1, 0.15) is 5.82 Å². The van der Waals surface area contributed by atoms with Gasteiger partial charge in [0.2, 0.25) is 0 Å². The highest BCUT2D eigenvalue weighted by atomic mass is 79.9. The van der Waals surface area contributed by atoms with E-state index in [1.807, 2.05) is 33.8 Å². The first kappa shape index (κ1) is 23.6. The first-order chi connectivity index (χ1) is 15.1. The molecule has 0 amide bonds. The van der Waals surface area contributed by atoms with Crippen LogP contribution < -0.4 is 10.3 Å². The van der Waals surface area contributed by atoms with Gasteiger partial charge in [-0.3, -0.25) is 14.9 Å². The summed E-state index contributed by atoms with van der Waals surface area (Å²) in [5, 5.41) is 16.3. The number of nitro benzene ring substituents is 1. The van der Waals surface area contributed by atoms with E-state index in [4.69, 9.17) is 4.74 Å². The van der Waals surface area contributed by atoms with Crippen LogP contribution in [0.4, 0.5) is 5.69 Å². The summed E-state index contributed by atoms with van der Waals surface area (Å²) in [6.45, 7) is 8.30. The van der Waals surface area contributed by atoms with Crippen molar-refractivity contribution in [1.29, 1.82) is 0 Å². The molecule has 0 atom stereocenters. The Kier molecular flexibility index (Phi) is 7.08. The Morgan fingerprint density at radius 2 is 2.00 bits per heavy atom. The maximum Gasteiger partial charge on any atom is 0.311 e. The van der Waals surface area contributed by atoms with Crippen molar-refractivity contribution >= 4 is 38.7 Å². The number of hydrogen-bond donors (Lipinski definition) is 0. The largest absolute Gasteiger partial charge is 0.486 e. The fraction of sp³-hybridized carbons (Fsp3) is 0.348. The highest BCUT2D eigenvalue weighted by molar-refractivity contribution is 9.10. The molecule has 0 radical (unpaired) electrons. The van der Waals surface area contributed by atoms with E-state index in [-0.39, 0.29) is 22.4 Å². The van der Waals surface area contributed by atoms with Crippen LogP contribution in [0.15, 0.2) is 50.8 Å². The van der Waals surface area contributed by atoms with E-state index >= 15 is 0 Å². The number of ether oxygens (including phenoxy) is 1. The Labute approximate surface area is 194 Å². The van der Waals surface area contributed by atoms with Crippen LogP contribution in [-0.2, 0) is 6.42 Å². The lowest BCUT2D eigenvalue weighted by molar-refractivity contribution is -0.386. The highest BCUT2D eigenvalue weighted by Gasteiger charge is 2.19. The van der Waals surface area contributed by atoms with Gasteiger partial charge in [-0.2, -0.15) is 9.78 Å². The van der Waals surface area contributed by atoms with Crippen LogP contribution in [0.3, 0.4) is 0 Å². The summed E-state index contributed by atoms with van der Waals surface area (Å²) in [7, 11) is 0. The number of benzene rings is 2. The third-order valence-corrected chi connectivity index (χ3v) is 5.00. The van der Waals surface area contributed by atoms with E-state index < -0.39 is 4.92 Å². The van der Waals surface area contributed by atoms with Crippen LogP contribution in [0.5, 0.6) is 5.75 Å². The van der Waals surface area contributed by atoms with Crippen LogP contribution in [0.1, 0.15) is 45.5 Å². The molecule has 0 N–H and O–H groups in total. The second kappa shape index (κ2) is 9.60. The SMILES string of the molecule is CCCc1nc2ccc(Br)cc2c(=O)n1N=Cc1ccc(OCC(C)(C)C)c([N+](=O)[O-])c1. The minimum absolute atomic E-state index is 0.136. The summed E-state index contributed by atoms with van der Waals surface area (Å²) in [5.41, 5.74) is 0.492. The fourth-order valence-corrected chi connectivity index (χ4v) is 3.36. The third-order valence-electron chi connectivity index (χ3n) is 4.51. The van der Waals surface area contributed by atoms with Crippen molar-refractivity contribution < 1.29 is 9.66 Å². The van der Waals surface area contributed by atoms with Crippen molar-refractivity contribution in [2.45, 2.75) is 40.5 Å². The fourth-order valence-electron chi connectivity index (χ4n) is 3.00. The number of rotatable bonds is 7. The minimum atomic E-state index is -0.487. The van der Waals surface area contributed by atoms with Crippen LogP contribution >= 0.6 is 15.9 Å². The summed E-state index contributed by atoms with van der Waals surface area (Å²) >= 11 is 3.38. The normalized spacial score (nSPS) is 11.9. The molecule has 0 fully saturated rings. The Morgan fingerprint density at radius 1 is 1.25 bits per heavy atom. The lowest BCUT2D eigenvalue weighted by atomic mass is 9.99. The van der Waals surface area contributed by atoms with E-state index in [1.54, 1.807) is 24.3 Å². The monoisotopic (exact) mass is 500 g/mol. The first-order valence-corrected chi connectivity index (χ1v) is 11.0. The molecule has 0 aliphatic rings. The van der Waals surface area contributed by atoms with Gasteiger partial charge in [-0.15, -0.1) is 0 Å². The predicted molar refractivity (Wildman–Crippen MR) is 129 cm³/mol. The number of aryl methyl sites for hydroxylation is 1. The highest BCUT2D eigenvalue weighted by Crippen LogP contribution is 2.29. The number of halogens is 1. The van der Waals surface area contributed by atoms with Crippen molar-refractivity contribution in [2.24, 2.45) is 10.5 Å². The Balaban J connectivity index is 2.02. The molecule has 1 aromatic heterocycles. The topological polar surface area (TPSA) is 99.6 Å². The van der Waals surface area contributed by atoms with Crippen molar-refractivity contribution in [2.75, 3.05) is 6.61 Å². The quantitative estimate of drug-likeness (QED) is 0.248. The molecule has 3 aromatic rings. The second-order valence-corrected chi connectivity index (χ2v) is 9.55. The van der Waals surface area contributed by atoms with Gasteiger partial charge in [0.25, 0.3) is 5.56 Å². The van der Waals surface area contributed by atoms with Crippen molar-refractivity contribution in [3.8, 4) is 5.75 Å². The lowest BCUT2D eigenvalue weighted by Crippen LogP contribution is -2.22. The molecule has 0 aliphatic carbocycles. The lowest BCUT2D eigenvalue weighted by Gasteiger charge is -2.18. The molecule has 0 aliphatic heterocycles. The van der Waals surface area contributed by atoms with Gasteiger partial charge in [-0.1, -0.05) is 43.6 Å². The molecule has 0 spiro atoms. The molecule has 9 heteroatoms. The van der Waals surface area contributed by atoms with Crippen LogP contribution in [-0.4, -0.2) is 27.4 Å². The summed E-state index contributed by atoms with van der Waals surface area (Å²) < 4.78 is 7.68. The third kappa shape index (κ3) is 5.59. The summed E-state index contributed by atoms with van der Waals surface area (Å²) in [6, 6.07) is 9.94. The van der Waals surface area contributed by atoms with Gasteiger partial charge in [-0.25, -0.2) is 4.98 Å². The molecule has 0 unspecified atom stereocenters. The van der Waals surface area contributed by atoms with Gasteiger partial charge >= 0.3 is 5.69 Å². The molecule has 3 rings (SSSR count). The zero-order chi connectivity index (χ0) is 23.5. The molecule has 1 heterocycles. The molecule has 168 valence electrons. The van der Waals surface area contributed by atoms with Crippen LogP contribution in [0.25, 0.3) is 10.9 Å². The molecule has 0 bridgehead atoms. The maximum absolute atomic E-state index is 13.1. The van der Waals surface area contributed by atoms with Gasteiger partial charge in [0, 0.05) is 22.5 Å². The number of hydrogen-bond acceptors (Lipinski definition) is 6. The van der Waals surface area contributed by atoms with Crippen molar-refractivity contribution in [3.63, 3.8) is 0 Å². The number of aromatic nitrogens is 2. The molecule has 8 nitrogen and oxygen atoms in total. The smallest absolute Gasteiger partial charge is 0.311 e. The number of fused-ring (bicyclic) bond motifs is 1. The minimum Gasteiger partial charge on any atom is -0.486 e. The maximum atomic E-state index is 13.1. The molecular weight excluding hydrogens is 476 g/mol. The van der Waals surface area contributed by atoms with Gasteiger partial charge < -0.3 is 4.74 Å². The predicted octanol–water partition coefficient (Wildman–Crippen LogP) is 5.33. The molecule has 0 saturated heterocycles. The Hall–Kier alpha value is -3.07. The zero-order valence-corrected chi connectivity index (χ0v) is 20.0. The van der Waals surface area contributed by atoms with E-state index in [2.05, 4.69) is 26.0 Å². The summed E-state index contributed by atoms with van der Waals surface area (Å²) in [6.07, 6.45) is 2.78. The first-order valence-electron chi connectivity index (χ1n) is 10.3. The molecule has 32 heavy (non-hydrogen) atoms. The standard InChI is InChI=1S/C23H25BrN4O4/c1-5-6-21-26-18-9-8-16(24)12-17(18)22(29)27(21)25-13-15-7-10-20(19(11-15)28(30)31)32-14-23(2,3)4/h7-13H,5-6,14H2,1-4H3. The molecular formula is C23H25BrN4O4. The van der Waals surface area contributed by atoms with E-state index in [0.717, 1.165) is 10.9 Å². The summed E-state index contributed by atoms with van der Waals surface area (Å²) in [5.74, 6) is 0.728. The zero-order valence-electron chi connectivity index (χ0n) is 18.5. The van der Waals surface area contributed by atoms with Gasteiger partial charge in [0.05, 0.1) is 28.6 Å². The van der Waals surface area contributed by atoms with Crippen molar-refractivity contribution in [3.05, 3.63) is 72.7 Å². The average Bonchev–Trinajstić information content (AvgIpc) is 2.72. The van der Waals surface area contributed by atoms with E-state index in [0.29, 0.717) is 35.3 Å². The molecule has 0 saturated carbocycles. The number of nitro groups is 1. The van der Waals surface area contributed by atoms with Crippen LogP contribution in [0.2, 0.25) is 0 Å². The Bertz CT molecular complexity index is 1250. The van der Waals surface area contributed by atoms with Crippen LogP contribution in [0, 0.1) is 15.5 Å². The average molecular weight is 501 g/mol. The Morgan fingerprint density at radius 3 is 2.66 bits per heavy atom. The van der Waals surface area contributed by atoms with E-state index in [1.165, 1.54) is 17.0 Å². The van der Waals surface area contributed by atoms with Gasteiger partial charge in [-0.05, 0) is 42.2 Å². The van der Waals surface area contributed by atoms with Gasteiger partial charge in [0.15, 0.2) is 5.75 Å². The van der Waals surface area contributed by atoms with Crippen molar-refractivity contribution in [1.82, 2.24) is 9.66 Å². The second-order valence-electron chi connectivity index (χ2n) is 8.63. The number of nitrogens with zero attached hydrogens (tertiary/aromatic N) is 4. The van der Waals surface area contributed by atoms with E-state index in [9.17, 15) is 14.9 Å². The molecule has 2 aromatic carbocycles.